The predicted molar refractivity (Wildman–Crippen MR) is 92.0 cm³/mol. The van der Waals surface area contributed by atoms with Crippen LogP contribution < -0.4 is 5.32 Å². The Morgan fingerprint density at radius 2 is 2.11 bits per heavy atom. The summed E-state index contributed by atoms with van der Waals surface area (Å²) < 4.78 is 24.9. The van der Waals surface area contributed by atoms with Crippen LogP contribution in [0.5, 0.6) is 0 Å². The molecule has 3 fully saturated rings. The van der Waals surface area contributed by atoms with E-state index in [1.807, 2.05) is 13.8 Å². The average Bonchev–Trinajstić information content (AvgIpc) is 3.38. The maximum Gasteiger partial charge on any atom is 0.167 e. The quantitative estimate of drug-likeness (QED) is 0.770. The van der Waals surface area contributed by atoms with Crippen molar-refractivity contribution in [3.05, 3.63) is 12.7 Å². The number of hydrogen-bond donors (Lipinski definition) is 1. The molecule has 144 valence electrons. The van der Waals surface area contributed by atoms with Gasteiger partial charge in [0.1, 0.15) is 24.6 Å². The number of hydrogen-bond acceptors (Lipinski definition) is 9. The predicted octanol–water partition coefficient (Wildman–Crippen LogP) is 0.643. The van der Waals surface area contributed by atoms with Gasteiger partial charge in [-0.2, -0.15) is 0 Å². The summed E-state index contributed by atoms with van der Waals surface area (Å²) in [6.45, 7) is 5.02. The molecule has 3 aliphatic heterocycles. The highest BCUT2D eigenvalue weighted by atomic mass is 16.8. The van der Waals surface area contributed by atoms with Crippen molar-refractivity contribution in [3.63, 3.8) is 0 Å². The number of fused-ring (bicyclic) bond motifs is 2. The highest BCUT2D eigenvalue weighted by Gasteiger charge is 2.56. The van der Waals surface area contributed by atoms with E-state index in [-0.39, 0.29) is 6.04 Å². The molecule has 0 aromatic carbocycles. The van der Waals surface area contributed by atoms with Gasteiger partial charge in [0.25, 0.3) is 0 Å². The third kappa shape index (κ3) is 2.80. The van der Waals surface area contributed by atoms with E-state index in [9.17, 15) is 4.79 Å². The van der Waals surface area contributed by atoms with Gasteiger partial charge in [-0.15, -0.1) is 0 Å². The number of carbonyl (C=O) groups excluding carboxylic acids is 1. The lowest BCUT2D eigenvalue weighted by Gasteiger charge is -2.23. The van der Waals surface area contributed by atoms with Crippen LogP contribution >= 0.6 is 0 Å². The van der Waals surface area contributed by atoms with Crippen LogP contribution in [-0.4, -0.2) is 69.2 Å². The molecule has 0 spiro atoms. The molecular weight excluding hydrogens is 354 g/mol. The van der Waals surface area contributed by atoms with Crippen molar-refractivity contribution in [3.8, 4) is 0 Å². The van der Waals surface area contributed by atoms with Gasteiger partial charge in [0.15, 0.2) is 35.3 Å². The summed E-state index contributed by atoms with van der Waals surface area (Å²) in [5.41, 5.74) is 1.24. The third-order valence-corrected chi connectivity index (χ3v) is 5.10. The summed E-state index contributed by atoms with van der Waals surface area (Å²) in [5, 5.41) is 3.36. The molecule has 10 heteroatoms. The van der Waals surface area contributed by atoms with E-state index >= 15 is 0 Å². The number of imidazole rings is 1. The second kappa shape index (κ2) is 6.20. The van der Waals surface area contributed by atoms with Crippen molar-refractivity contribution in [2.24, 2.45) is 0 Å². The van der Waals surface area contributed by atoms with Gasteiger partial charge in [-0.05, 0) is 20.3 Å². The fraction of sp³-hybridized carbons (Fsp3) is 0.647. The number of rotatable bonds is 4. The fourth-order valence-electron chi connectivity index (χ4n) is 3.93. The number of aromatic nitrogens is 4. The van der Waals surface area contributed by atoms with Gasteiger partial charge in [-0.1, -0.05) is 0 Å². The number of carbonyl (C=O) groups is 1. The molecule has 3 saturated heterocycles. The molecule has 5 unspecified atom stereocenters. The lowest BCUT2D eigenvalue weighted by atomic mass is 10.1. The van der Waals surface area contributed by atoms with Crippen molar-refractivity contribution in [2.45, 2.75) is 56.6 Å². The highest BCUT2D eigenvalue weighted by Crippen LogP contribution is 2.43. The van der Waals surface area contributed by atoms with Crippen LogP contribution in [0.25, 0.3) is 11.2 Å². The molecule has 27 heavy (non-hydrogen) atoms. The van der Waals surface area contributed by atoms with Crippen LogP contribution in [0.4, 0.5) is 5.82 Å². The minimum Gasteiger partial charge on any atom is -0.379 e. The first-order valence-electron chi connectivity index (χ1n) is 9.04. The average molecular weight is 375 g/mol. The largest absolute Gasteiger partial charge is 0.379 e. The van der Waals surface area contributed by atoms with E-state index in [1.54, 1.807) is 10.9 Å². The Kier molecular flexibility index (Phi) is 3.90. The first-order valence-corrected chi connectivity index (χ1v) is 9.04. The molecule has 0 radical (unpaired) electrons. The number of aldehydes is 1. The topological polar surface area (TPSA) is 110 Å². The standard InChI is InChI=1S/C17H21N5O5/c1-17(2)26-12-10(5-23)25-16(13(12)27-17)22-8-20-11-14(18-7-19-15(11)22)21-9-3-4-24-6-9/h5,7-10,12-13,16H,3-4,6H2,1-2H3,(H,18,19,21). The molecule has 5 atom stereocenters. The minimum absolute atomic E-state index is 0.201. The zero-order chi connectivity index (χ0) is 18.6. The first kappa shape index (κ1) is 17.0. The molecule has 0 amide bonds. The maximum atomic E-state index is 11.5. The number of anilines is 1. The van der Waals surface area contributed by atoms with Crippen LogP contribution in [0.15, 0.2) is 12.7 Å². The lowest BCUT2D eigenvalue weighted by molar-refractivity contribution is -0.194. The number of nitrogens with one attached hydrogen (secondary N) is 1. The van der Waals surface area contributed by atoms with Crippen LogP contribution in [-0.2, 0) is 23.7 Å². The van der Waals surface area contributed by atoms with Crippen LogP contribution in [0.2, 0.25) is 0 Å². The Morgan fingerprint density at radius 1 is 1.26 bits per heavy atom. The summed E-state index contributed by atoms with van der Waals surface area (Å²) in [5.74, 6) is -0.126. The van der Waals surface area contributed by atoms with Gasteiger partial charge in [0.05, 0.1) is 19.0 Å². The summed E-state index contributed by atoms with van der Waals surface area (Å²) >= 11 is 0. The van der Waals surface area contributed by atoms with Crippen LogP contribution in [0, 0.1) is 0 Å². The molecule has 0 bridgehead atoms. The van der Waals surface area contributed by atoms with Crippen molar-refractivity contribution in [1.29, 1.82) is 0 Å². The molecule has 2 aromatic heterocycles. The molecule has 5 heterocycles. The van der Waals surface area contributed by atoms with Crippen molar-refractivity contribution >= 4 is 23.3 Å². The van der Waals surface area contributed by atoms with Gasteiger partial charge in [-0.25, -0.2) is 15.0 Å². The second-order valence-electron chi connectivity index (χ2n) is 7.44. The summed E-state index contributed by atoms with van der Waals surface area (Å²) in [4.78, 5) is 24.6. The molecule has 5 rings (SSSR count). The lowest BCUT2D eigenvalue weighted by Crippen LogP contribution is -2.30. The summed E-state index contributed by atoms with van der Waals surface area (Å²) in [6, 6.07) is 0.201. The summed E-state index contributed by atoms with van der Waals surface area (Å²) in [6.07, 6.45) is 2.64. The Balaban J connectivity index is 1.49. The molecule has 1 N–H and O–H groups in total. The van der Waals surface area contributed by atoms with Crippen molar-refractivity contribution in [1.82, 2.24) is 19.5 Å². The first-order chi connectivity index (χ1) is 13.1. The number of ether oxygens (including phenoxy) is 4. The minimum atomic E-state index is -0.779. The normalized spacial score (nSPS) is 34.8. The molecule has 0 aliphatic carbocycles. The summed E-state index contributed by atoms with van der Waals surface area (Å²) in [7, 11) is 0. The Labute approximate surface area is 155 Å². The second-order valence-corrected chi connectivity index (χ2v) is 7.44. The van der Waals surface area contributed by atoms with Gasteiger partial charge < -0.3 is 29.1 Å². The maximum absolute atomic E-state index is 11.5. The fourth-order valence-corrected chi connectivity index (χ4v) is 3.93. The zero-order valence-electron chi connectivity index (χ0n) is 15.1. The Morgan fingerprint density at radius 3 is 2.89 bits per heavy atom. The van der Waals surface area contributed by atoms with Crippen molar-refractivity contribution < 1.29 is 23.7 Å². The van der Waals surface area contributed by atoms with E-state index in [1.165, 1.54) is 6.33 Å². The molecular formula is C17H21N5O5. The smallest absolute Gasteiger partial charge is 0.167 e. The molecule has 2 aromatic rings. The van der Waals surface area contributed by atoms with E-state index in [0.717, 1.165) is 19.3 Å². The van der Waals surface area contributed by atoms with Gasteiger partial charge in [0.2, 0.25) is 0 Å². The zero-order valence-corrected chi connectivity index (χ0v) is 15.1. The number of nitrogens with zero attached hydrogens (tertiary/aromatic N) is 4. The van der Waals surface area contributed by atoms with Crippen molar-refractivity contribution in [2.75, 3.05) is 18.5 Å². The van der Waals surface area contributed by atoms with Crippen LogP contribution in [0.3, 0.4) is 0 Å². The highest BCUT2D eigenvalue weighted by molar-refractivity contribution is 5.82. The van der Waals surface area contributed by atoms with E-state index in [4.69, 9.17) is 18.9 Å². The molecule has 10 nitrogen and oxygen atoms in total. The van der Waals surface area contributed by atoms with Gasteiger partial charge in [0, 0.05) is 6.61 Å². The Hall–Kier alpha value is -2.14. The SMILES string of the molecule is CC1(C)OC2C(C=O)OC(n3cnc4c(NC5CCOC5)ncnc43)C2O1. The third-order valence-electron chi connectivity index (χ3n) is 5.10. The molecule has 3 aliphatic rings. The monoisotopic (exact) mass is 375 g/mol. The van der Waals surface area contributed by atoms with E-state index in [2.05, 4.69) is 20.3 Å². The Bertz CT molecular complexity index is 865. The van der Waals surface area contributed by atoms with Gasteiger partial charge >= 0.3 is 0 Å². The van der Waals surface area contributed by atoms with E-state index in [0.29, 0.717) is 23.6 Å². The van der Waals surface area contributed by atoms with Gasteiger partial charge in [-0.3, -0.25) is 4.57 Å². The molecule has 0 saturated carbocycles. The van der Waals surface area contributed by atoms with Crippen LogP contribution in [0.1, 0.15) is 26.5 Å². The van der Waals surface area contributed by atoms with E-state index < -0.39 is 30.3 Å².